The maximum atomic E-state index is 11.7. The van der Waals surface area contributed by atoms with Gasteiger partial charge in [-0.3, -0.25) is 4.79 Å². The molecule has 3 heteroatoms. The van der Waals surface area contributed by atoms with Crippen molar-refractivity contribution in [1.82, 2.24) is 0 Å². The summed E-state index contributed by atoms with van der Waals surface area (Å²) in [7, 11) is 1.84. The largest absolute Gasteiger partial charge is 0.481 e. The number of aliphatic carboxylic acids is 1. The second kappa shape index (κ2) is 5.09. The first-order valence-corrected chi connectivity index (χ1v) is 8.45. The molecule has 4 aliphatic carbocycles. The number of ether oxygens (including phenoxy) is 1. The van der Waals surface area contributed by atoms with Crippen molar-refractivity contribution in [2.75, 3.05) is 7.11 Å². The molecule has 1 aromatic rings. The van der Waals surface area contributed by atoms with E-state index in [0.29, 0.717) is 29.8 Å². The first kappa shape index (κ1) is 14.3. The molecule has 5 rings (SSSR count). The van der Waals surface area contributed by atoms with E-state index in [2.05, 4.69) is 24.3 Å². The molecule has 1 aromatic carbocycles. The maximum Gasteiger partial charge on any atom is 0.304 e. The number of carboxylic acids is 1. The summed E-state index contributed by atoms with van der Waals surface area (Å²) in [5.74, 6) is 1.62. The molecule has 0 atom stereocenters. The van der Waals surface area contributed by atoms with Crippen LogP contribution in [0.2, 0.25) is 0 Å². The third-order valence-corrected chi connectivity index (χ3v) is 6.76. The standard InChI is InChI=1S/C19H24O3/c1-22-18-12-7-15-9-13(18)10-16(8-12)19(15,11-17(20)21)14-5-3-2-4-6-14/h2-6,12-13,15-16,18H,7-11H2,1H3,(H,20,21). The van der Waals surface area contributed by atoms with Crippen LogP contribution in [0.4, 0.5) is 0 Å². The zero-order chi connectivity index (χ0) is 15.3. The Bertz CT molecular complexity index is 535. The molecule has 4 saturated carbocycles. The molecule has 0 spiro atoms. The zero-order valence-electron chi connectivity index (χ0n) is 13.1. The third-order valence-electron chi connectivity index (χ3n) is 6.76. The highest BCUT2D eigenvalue weighted by atomic mass is 16.5. The van der Waals surface area contributed by atoms with Crippen LogP contribution >= 0.6 is 0 Å². The Morgan fingerprint density at radius 1 is 1.14 bits per heavy atom. The van der Waals surface area contributed by atoms with Gasteiger partial charge in [0.1, 0.15) is 0 Å². The smallest absolute Gasteiger partial charge is 0.304 e. The van der Waals surface area contributed by atoms with Gasteiger partial charge >= 0.3 is 5.97 Å². The molecule has 0 radical (unpaired) electrons. The summed E-state index contributed by atoms with van der Waals surface area (Å²) in [5.41, 5.74) is 1.10. The molecule has 22 heavy (non-hydrogen) atoms. The average Bonchev–Trinajstić information content (AvgIpc) is 2.50. The lowest BCUT2D eigenvalue weighted by Gasteiger charge is -2.63. The van der Waals surface area contributed by atoms with Crippen molar-refractivity contribution < 1.29 is 14.6 Å². The Hall–Kier alpha value is -1.35. The van der Waals surface area contributed by atoms with Gasteiger partial charge in [0.2, 0.25) is 0 Å². The third kappa shape index (κ3) is 1.88. The molecular formula is C19H24O3. The Labute approximate surface area is 131 Å². The van der Waals surface area contributed by atoms with Crippen molar-refractivity contribution in [2.24, 2.45) is 23.7 Å². The first-order chi connectivity index (χ1) is 10.6. The van der Waals surface area contributed by atoms with Crippen LogP contribution < -0.4 is 0 Å². The van der Waals surface area contributed by atoms with Crippen LogP contribution in [-0.4, -0.2) is 24.3 Å². The second-order valence-corrected chi connectivity index (χ2v) is 7.53. The van der Waals surface area contributed by atoms with E-state index in [1.807, 2.05) is 13.2 Å². The lowest BCUT2D eigenvalue weighted by Crippen LogP contribution is -2.61. The van der Waals surface area contributed by atoms with Crippen molar-refractivity contribution in [3.05, 3.63) is 35.9 Å². The van der Waals surface area contributed by atoms with Crippen LogP contribution in [0, 0.1) is 23.7 Å². The molecular weight excluding hydrogens is 276 g/mol. The van der Waals surface area contributed by atoms with Crippen LogP contribution in [0.3, 0.4) is 0 Å². The van der Waals surface area contributed by atoms with Crippen molar-refractivity contribution in [3.8, 4) is 0 Å². The van der Waals surface area contributed by atoms with E-state index in [4.69, 9.17) is 4.74 Å². The van der Waals surface area contributed by atoms with Crippen LogP contribution in [0.5, 0.6) is 0 Å². The summed E-state index contributed by atoms with van der Waals surface area (Å²) >= 11 is 0. The highest BCUT2D eigenvalue weighted by Crippen LogP contribution is 2.64. The van der Waals surface area contributed by atoms with Gasteiger partial charge in [0.15, 0.2) is 0 Å². The summed E-state index contributed by atoms with van der Waals surface area (Å²) in [6.45, 7) is 0. The summed E-state index contributed by atoms with van der Waals surface area (Å²) in [6.07, 6.45) is 5.22. The maximum absolute atomic E-state index is 11.7. The number of methoxy groups -OCH3 is 1. The van der Waals surface area contributed by atoms with E-state index < -0.39 is 5.97 Å². The van der Waals surface area contributed by atoms with E-state index in [1.54, 1.807) is 0 Å². The molecule has 0 aromatic heterocycles. The minimum absolute atomic E-state index is 0.154. The van der Waals surface area contributed by atoms with Gasteiger partial charge in [-0.25, -0.2) is 0 Å². The molecule has 4 fully saturated rings. The lowest BCUT2D eigenvalue weighted by molar-refractivity contribution is -0.162. The summed E-state index contributed by atoms with van der Waals surface area (Å²) < 4.78 is 5.77. The molecule has 118 valence electrons. The number of benzene rings is 1. The average molecular weight is 300 g/mol. The molecule has 0 amide bonds. The fourth-order valence-corrected chi connectivity index (χ4v) is 6.19. The second-order valence-electron chi connectivity index (χ2n) is 7.53. The highest BCUT2D eigenvalue weighted by molar-refractivity contribution is 5.69. The summed E-state index contributed by atoms with van der Waals surface area (Å²) in [4.78, 5) is 11.7. The minimum atomic E-state index is -0.653. The monoisotopic (exact) mass is 300 g/mol. The van der Waals surface area contributed by atoms with Crippen molar-refractivity contribution in [2.45, 2.75) is 43.6 Å². The summed E-state index contributed by atoms with van der Waals surface area (Å²) in [6, 6.07) is 10.4. The predicted molar refractivity (Wildman–Crippen MR) is 83.6 cm³/mol. The van der Waals surface area contributed by atoms with E-state index in [1.165, 1.54) is 5.56 Å². The molecule has 3 nitrogen and oxygen atoms in total. The Kier molecular flexibility index (Phi) is 3.30. The van der Waals surface area contributed by atoms with E-state index in [0.717, 1.165) is 25.7 Å². The SMILES string of the molecule is COC1C2CC3CC1CC(C2)C3(CC(=O)O)c1ccccc1. The fraction of sp³-hybridized carbons (Fsp3) is 0.632. The predicted octanol–water partition coefficient (Wildman–Crippen LogP) is 3.48. The number of carboxylic acid groups (broad SMARTS) is 1. The van der Waals surface area contributed by atoms with Crippen LogP contribution in [0.1, 0.15) is 37.7 Å². The topological polar surface area (TPSA) is 46.5 Å². The van der Waals surface area contributed by atoms with Crippen LogP contribution in [0.15, 0.2) is 30.3 Å². The van der Waals surface area contributed by atoms with Crippen LogP contribution in [-0.2, 0) is 14.9 Å². The van der Waals surface area contributed by atoms with Gasteiger partial charge in [-0.1, -0.05) is 30.3 Å². The molecule has 4 bridgehead atoms. The number of hydrogen-bond acceptors (Lipinski definition) is 2. The van der Waals surface area contributed by atoms with Gasteiger partial charge in [0.25, 0.3) is 0 Å². The molecule has 0 heterocycles. The molecule has 1 N–H and O–H groups in total. The van der Waals surface area contributed by atoms with Gasteiger partial charge in [-0.2, -0.15) is 0 Å². The minimum Gasteiger partial charge on any atom is -0.481 e. The van der Waals surface area contributed by atoms with Crippen molar-refractivity contribution in [3.63, 3.8) is 0 Å². The zero-order valence-corrected chi connectivity index (χ0v) is 13.1. The lowest BCUT2D eigenvalue weighted by atomic mass is 9.42. The van der Waals surface area contributed by atoms with Gasteiger partial charge in [-0.05, 0) is 54.9 Å². The van der Waals surface area contributed by atoms with Crippen molar-refractivity contribution in [1.29, 1.82) is 0 Å². The van der Waals surface area contributed by atoms with Gasteiger partial charge in [0.05, 0.1) is 12.5 Å². The molecule has 4 aliphatic rings. The number of rotatable bonds is 4. The summed E-state index contributed by atoms with van der Waals surface area (Å²) in [5, 5.41) is 9.60. The van der Waals surface area contributed by atoms with Crippen molar-refractivity contribution >= 4 is 5.97 Å². The Morgan fingerprint density at radius 2 is 1.68 bits per heavy atom. The van der Waals surface area contributed by atoms with E-state index >= 15 is 0 Å². The normalized spacial score (nSPS) is 42.5. The van der Waals surface area contributed by atoms with Gasteiger partial charge in [0, 0.05) is 12.5 Å². The first-order valence-electron chi connectivity index (χ1n) is 8.45. The fourth-order valence-electron chi connectivity index (χ4n) is 6.19. The molecule has 0 saturated heterocycles. The van der Waals surface area contributed by atoms with Crippen LogP contribution in [0.25, 0.3) is 0 Å². The van der Waals surface area contributed by atoms with Gasteiger partial charge < -0.3 is 9.84 Å². The Balaban J connectivity index is 1.77. The molecule has 0 unspecified atom stereocenters. The quantitative estimate of drug-likeness (QED) is 0.926. The van der Waals surface area contributed by atoms with E-state index in [9.17, 15) is 9.90 Å². The number of carbonyl (C=O) groups is 1. The van der Waals surface area contributed by atoms with Gasteiger partial charge in [-0.15, -0.1) is 0 Å². The molecule has 0 aliphatic heterocycles. The highest BCUT2D eigenvalue weighted by Gasteiger charge is 2.61. The van der Waals surface area contributed by atoms with E-state index in [-0.39, 0.29) is 11.8 Å². The Morgan fingerprint density at radius 3 is 2.14 bits per heavy atom. The number of hydrogen-bond donors (Lipinski definition) is 1.